The second kappa shape index (κ2) is 3.44. The lowest BCUT2D eigenvalue weighted by Gasteiger charge is -2.36. The minimum absolute atomic E-state index is 0.484. The van der Waals surface area contributed by atoms with Gasteiger partial charge in [-0.1, -0.05) is 37.6 Å². The van der Waals surface area contributed by atoms with Gasteiger partial charge in [-0.05, 0) is 12.8 Å². The maximum absolute atomic E-state index is 12.9. The van der Waals surface area contributed by atoms with Gasteiger partial charge in [0.05, 0.1) is 0 Å². The number of allylic oxidation sites excluding steroid dienone is 4. The van der Waals surface area contributed by atoms with E-state index in [1.54, 1.807) is 27.2 Å². The first-order chi connectivity index (χ1) is 6.29. The molecule has 1 aliphatic rings. The van der Waals surface area contributed by atoms with Gasteiger partial charge in [-0.15, -0.1) is 0 Å². The SMILES string of the molecule is CC1=CC(C(C)C)(C(F)(F)F)C=C[CH]1. The van der Waals surface area contributed by atoms with Crippen LogP contribution in [0.4, 0.5) is 13.2 Å². The molecular formula is C11H14F3. The number of alkyl halides is 3. The van der Waals surface area contributed by atoms with Crippen molar-refractivity contribution in [2.75, 3.05) is 0 Å². The summed E-state index contributed by atoms with van der Waals surface area (Å²) in [5, 5.41) is 0. The average molecular weight is 203 g/mol. The van der Waals surface area contributed by atoms with E-state index in [1.807, 2.05) is 0 Å². The van der Waals surface area contributed by atoms with E-state index in [4.69, 9.17) is 0 Å². The lowest BCUT2D eigenvalue weighted by molar-refractivity contribution is -0.202. The molecule has 0 spiro atoms. The van der Waals surface area contributed by atoms with Gasteiger partial charge in [-0.3, -0.25) is 0 Å². The lowest BCUT2D eigenvalue weighted by atomic mass is 9.72. The third-order valence-electron chi connectivity index (χ3n) is 2.64. The van der Waals surface area contributed by atoms with Crippen LogP contribution in [0.3, 0.4) is 0 Å². The van der Waals surface area contributed by atoms with Crippen molar-refractivity contribution >= 4 is 0 Å². The zero-order valence-corrected chi connectivity index (χ0v) is 8.52. The average Bonchev–Trinajstić information content (AvgIpc) is 2.01. The highest BCUT2D eigenvalue weighted by Gasteiger charge is 2.53. The summed E-state index contributed by atoms with van der Waals surface area (Å²) in [5.41, 5.74) is -1.12. The van der Waals surface area contributed by atoms with Gasteiger partial charge in [-0.2, -0.15) is 13.2 Å². The van der Waals surface area contributed by atoms with Crippen molar-refractivity contribution in [2.24, 2.45) is 11.3 Å². The van der Waals surface area contributed by atoms with Gasteiger partial charge < -0.3 is 0 Å². The molecule has 0 nitrogen and oxygen atoms in total. The van der Waals surface area contributed by atoms with E-state index < -0.39 is 17.5 Å². The summed E-state index contributed by atoms with van der Waals surface area (Å²) in [5.74, 6) is -0.484. The quantitative estimate of drug-likeness (QED) is 0.606. The summed E-state index contributed by atoms with van der Waals surface area (Å²) in [7, 11) is 0. The Morgan fingerprint density at radius 3 is 2.14 bits per heavy atom. The van der Waals surface area contributed by atoms with Crippen LogP contribution in [0.25, 0.3) is 0 Å². The van der Waals surface area contributed by atoms with Crippen LogP contribution in [-0.2, 0) is 0 Å². The molecule has 1 radical (unpaired) electrons. The monoisotopic (exact) mass is 203 g/mol. The minimum Gasteiger partial charge on any atom is -0.170 e. The van der Waals surface area contributed by atoms with Gasteiger partial charge in [-0.25, -0.2) is 0 Å². The lowest BCUT2D eigenvalue weighted by Crippen LogP contribution is -2.40. The molecule has 14 heavy (non-hydrogen) atoms. The molecule has 1 rings (SSSR count). The summed E-state index contributed by atoms with van der Waals surface area (Å²) in [6.07, 6.45) is 1.50. The molecule has 1 aliphatic carbocycles. The number of hydrogen-bond acceptors (Lipinski definition) is 0. The third kappa shape index (κ3) is 1.72. The summed E-state index contributed by atoms with van der Waals surface area (Å²) in [6.45, 7) is 4.87. The highest BCUT2D eigenvalue weighted by atomic mass is 19.4. The van der Waals surface area contributed by atoms with Crippen molar-refractivity contribution in [2.45, 2.75) is 26.9 Å². The molecule has 0 N–H and O–H groups in total. The number of hydrogen-bond donors (Lipinski definition) is 0. The smallest absolute Gasteiger partial charge is 0.170 e. The van der Waals surface area contributed by atoms with Crippen molar-refractivity contribution in [1.82, 2.24) is 0 Å². The highest BCUT2D eigenvalue weighted by molar-refractivity contribution is 5.33. The van der Waals surface area contributed by atoms with Crippen LogP contribution in [0.1, 0.15) is 20.8 Å². The molecule has 0 aromatic carbocycles. The largest absolute Gasteiger partial charge is 0.401 e. The van der Waals surface area contributed by atoms with E-state index in [0.717, 1.165) is 0 Å². The Kier molecular flexibility index (Phi) is 2.79. The molecule has 0 saturated heterocycles. The molecule has 1 atom stereocenters. The molecule has 0 aliphatic heterocycles. The Morgan fingerprint density at radius 2 is 1.86 bits per heavy atom. The summed E-state index contributed by atoms with van der Waals surface area (Å²) in [6, 6.07) is 0. The van der Waals surface area contributed by atoms with E-state index in [-0.39, 0.29) is 0 Å². The van der Waals surface area contributed by atoms with Crippen LogP contribution < -0.4 is 0 Å². The van der Waals surface area contributed by atoms with E-state index in [2.05, 4.69) is 0 Å². The Bertz CT molecular complexity index is 271. The van der Waals surface area contributed by atoms with E-state index >= 15 is 0 Å². The molecule has 79 valence electrons. The van der Waals surface area contributed by atoms with Crippen LogP contribution in [0.2, 0.25) is 0 Å². The van der Waals surface area contributed by atoms with Gasteiger partial charge >= 0.3 is 6.18 Å². The number of halogens is 3. The second-order valence-electron chi connectivity index (χ2n) is 4.00. The molecule has 0 aromatic heterocycles. The predicted octanol–water partition coefficient (Wildman–Crippen LogP) is 3.91. The molecule has 0 fully saturated rings. The van der Waals surface area contributed by atoms with Gasteiger partial charge in [0.2, 0.25) is 0 Å². The van der Waals surface area contributed by atoms with E-state index in [9.17, 15) is 13.2 Å². The Morgan fingerprint density at radius 1 is 1.29 bits per heavy atom. The van der Waals surface area contributed by atoms with Crippen molar-refractivity contribution in [3.05, 3.63) is 30.2 Å². The van der Waals surface area contributed by atoms with Gasteiger partial charge in [0, 0.05) is 6.42 Å². The zero-order valence-electron chi connectivity index (χ0n) is 8.52. The fraction of sp³-hybridized carbons (Fsp3) is 0.545. The van der Waals surface area contributed by atoms with Crippen LogP contribution in [0.15, 0.2) is 23.8 Å². The summed E-state index contributed by atoms with van der Waals surface area (Å²) < 4.78 is 38.7. The van der Waals surface area contributed by atoms with E-state index in [1.165, 1.54) is 18.2 Å². The first-order valence-electron chi connectivity index (χ1n) is 4.58. The van der Waals surface area contributed by atoms with Crippen molar-refractivity contribution in [1.29, 1.82) is 0 Å². The summed E-state index contributed by atoms with van der Waals surface area (Å²) >= 11 is 0. The molecular weight excluding hydrogens is 189 g/mol. The first-order valence-corrected chi connectivity index (χ1v) is 4.58. The molecule has 1 unspecified atom stereocenters. The van der Waals surface area contributed by atoms with Crippen LogP contribution >= 0.6 is 0 Å². The van der Waals surface area contributed by atoms with E-state index in [0.29, 0.717) is 5.57 Å². The second-order valence-corrected chi connectivity index (χ2v) is 4.00. The first kappa shape index (κ1) is 11.3. The predicted molar refractivity (Wildman–Crippen MR) is 50.5 cm³/mol. The zero-order chi connectivity index (χ0) is 11.0. The molecule has 0 amide bonds. The topological polar surface area (TPSA) is 0 Å². The Balaban J connectivity index is 3.18. The van der Waals surface area contributed by atoms with Gasteiger partial charge in [0.1, 0.15) is 5.41 Å². The molecule has 0 bridgehead atoms. The molecule has 0 saturated carbocycles. The van der Waals surface area contributed by atoms with Gasteiger partial charge in [0.15, 0.2) is 0 Å². The van der Waals surface area contributed by atoms with Crippen LogP contribution in [0, 0.1) is 17.8 Å². The fourth-order valence-corrected chi connectivity index (χ4v) is 1.69. The van der Waals surface area contributed by atoms with Crippen molar-refractivity contribution in [3.8, 4) is 0 Å². The van der Waals surface area contributed by atoms with Crippen LogP contribution in [-0.4, -0.2) is 6.18 Å². The summed E-state index contributed by atoms with van der Waals surface area (Å²) in [4.78, 5) is 0. The molecule has 0 heterocycles. The minimum atomic E-state index is -4.22. The molecule has 3 heteroatoms. The van der Waals surface area contributed by atoms with Crippen molar-refractivity contribution < 1.29 is 13.2 Å². The van der Waals surface area contributed by atoms with Crippen molar-refractivity contribution in [3.63, 3.8) is 0 Å². The normalized spacial score (nSPS) is 28.1. The third-order valence-corrected chi connectivity index (χ3v) is 2.64. The Labute approximate surface area is 82.5 Å². The number of rotatable bonds is 1. The standard InChI is InChI=1S/C11H14F3/c1-8(2)10(11(12,13)14)6-4-5-9(3)7-10/h4-8H,1-3H3. The van der Waals surface area contributed by atoms with Gasteiger partial charge in [0.25, 0.3) is 0 Å². The molecule has 0 aromatic rings. The van der Waals surface area contributed by atoms with Crippen LogP contribution in [0.5, 0.6) is 0 Å². The maximum Gasteiger partial charge on any atom is 0.401 e. The highest BCUT2D eigenvalue weighted by Crippen LogP contribution is 2.48. The fourth-order valence-electron chi connectivity index (χ4n) is 1.69. The maximum atomic E-state index is 12.9. The Hall–Kier alpha value is -0.730.